The van der Waals surface area contributed by atoms with Crippen molar-refractivity contribution >= 4 is 27.4 Å². The predicted molar refractivity (Wildman–Crippen MR) is 102 cm³/mol. The number of Topliss-reactive ketones (excluding diaryl/α,β-unsaturated/α-hetero) is 1. The molecule has 0 radical (unpaired) electrons. The number of hydrogen-bond acceptors (Lipinski definition) is 5. The van der Waals surface area contributed by atoms with E-state index in [0.717, 1.165) is 5.56 Å². The Balaban J connectivity index is 1.77. The van der Waals surface area contributed by atoms with Crippen LogP contribution in [-0.4, -0.2) is 29.4 Å². The van der Waals surface area contributed by atoms with E-state index in [2.05, 4.69) is 19.9 Å². The topological polar surface area (TPSA) is 105 Å². The summed E-state index contributed by atoms with van der Waals surface area (Å²) in [5.41, 5.74) is 1.21. The molecule has 0 spiro atoms. The maximum Gasteiger partial charge on any atom is 0.241 e. The Kier molecular flexibility index (Phi) is 5.41. The van der Waals surface area contributed by atoms with E-state index in [9.17, 15) is 13.2 Å². The number of nitrogens with zero attached hydrogens (tertiary/aromatic N) is 2. The SMILES string of the molecule is CC(=O)c1ccc(S(=O)(=O)N[C@@H](C)c2nc(-c3ccc(Cl)cc3)n[nH]2)cc1. The molecular formula is C18H17ClN4O3S. The van der Waals surface area contributed by atoms with Gasteiger partial charge in [-0.05, 0) is 50.2 Å². The molecule has 0 aliphatic heterocycles. The minimum atomic E-state index is -3.78. The molecular weight excluding hydrogens is 388 g/mol. The van der Waals surface area contributed by atoms with Gasteiger partial charge in [-0.15, -0.1) is 0 Å². The van der Waals surface area contributed by atoms with Crippen molar-refractivity contribution in [3.05, 3.63) is 64.9 Å². The van der Waals surface area contributed by atoms with Crippen LogP contribution in [0.2, 0.25) is 5.02 Å². The number of aromatic nitrogens is 3. The van der Waals surface area contributed by atoms with E-state index in [1.54, 1.807) is 31.2 Å². The van der Waals surface area contributed by atoms with Crippen LogP contribution in [0.25, 0.3) is 11.4 Å². The number of carbonyl (C=O) groups is 1. The van der Waals surface area contributed by atoms with E-state index in [-0.39, 0.29) is 10.7 Å². The van der Waals surface area contributed by atoms with E-state index in [4.69, 9.17) is 11.6 Å². The summed E-state index contributed by atoms with van der Waals surface area (Å²) in [6, 6.07) is 12.1. The van der Waals surface area contributed by atoms with Crippen LogP contribution in [0.1, 0.15) is 36.1 Å². The second-order valence-electron chi connectivity index (χ2n) is 5.97. The summed E-state index contributed by atoms with van der Waals surface area (Å²) in [6.45, 7) is 3.08. The molecule has 0 aliphatic carbocycles. The number of H-pyrrole nitrogens is 1. The van der Waals surface area contributed by atoms with Crippen LogP contribution >= 0.6 is 11.6 Å². The van der Waals surface area contributed by atoms with Gasteiger partial charge in [-0.3, -0.25) is 9.89 Å². The van der Waals surface area contributed by atoms with Crippen LogP contribution in [-0.2, 0) is 10.0 Å². The third-order valence-corrected chi connectivity index (χ3v) is 5.73. The highest BCUT2D eigenvalue weighted by Crippen LogP contribution is 2.20. The Hall–Kier alpha value is -2.55. The number of aromatic amines is 1. The molecule has 1 aromatic heterocycles. The van der Waals surface area contributed by atoms with E-state index in [1.807, 2.05) is 0 Å². The highest BCUT2D eigenvalue weighted by molar-refractivity contribution is 7.89. The molecule has 9 heteroatoms. The van der Waals surface area contributed by atoms with Gasteiger partial charge in [0.05, 0.1) is 10.9 Å². The standard InChI is InChI=1S/C18H17ClN4O3S/c1-11(17-20-18(22-21-17)14-3-7-15(19)8-4-14)23-27(25,26)16-9-5-13(6-10-16)12(2)24/h3-11,23H,1-2H3,(H,20,21,22)/t11-/m0/s1. The molecule has 0 unspecified atom stereocenters. The van der Waals surface area contributed by atoms with Gasteiger partial charge in [0, 0.05) is 16.1 Å². The van der Waals surface area contributed by atoms with Crippen LogP contribution < -0.4 is 4.72 Å². The molecule has 140 valence electrons. The highest BCUT2D eigenvalue weighted by atomic mass is 35.5. The third-order valence-electron chi connectivity index (χ3n) is 3.92. The van der Waals surface area contributed by atoms with E-state index >= 15 is 0 Å². The van der Waals surface area contributed by atoms with Crippen molar-refractivity contribution < 1.29 is 13.2 Å². The fraction of sp³-hybridized carbons (Fsp3) is 0.167. The average Bonchev–Trinajstić information content (AvgIpc) is 3.12. The van der Waals surface area contributed by atoms with E-state index in [0.29, 0.717) is 22.2 Å². The Labute approximate surface area is 161 Å². The average molecular weight is 405 g/mol. The first-order valence-corrected chi connectivity index (χ1v) is 9.94. The Morgan fingerprint density at radius 2 is 1.74 bits per heavy atom. The van der Waals surface area contributed by atoms with Crippen LogP contribution in [0.3, 0.4) is 0 Å². The molecule has 3 rings (SSSR count). The zero-order chi connectivity index (χ0) is 19.6. The summed E-state index contributed by atoms with van der Waals surface area (Å²) in [5, 5.41) is 7.47. The van der Waals surface area contributed by atoms with Crippen molar-refractivity contribution in [3.63, 3.8) is 0 Å². The normalized spacial score (nSPS) is 12.7. The molecule has 0 aliphatic rings. The number of hydrogen-bond donors (Lipinski definition) is 2. The lowest BCUT2D eigenvalue weighted by atomic mass is 10.2. The molecule has 0 fully saturated rings. The van der Waals surface area contributed by atoms with Crippen molar-refractivity contribution in [1.29, 1.82) is 0 Å². The summed E-state index contributed by atoms with van der Waals surface area (Å²) in [5.74, 6) is 0.694. The number of benzene rings is 2. The lowest BCUT2D eigenvalue weighted by molar-refractivity contribution is 0.101. The van der Waals surface area contributed by atoms with E-state index in [1.165, 1.54) is 31.2 Å². The summed E-state index contributed by atoms with van der Waals surface area (Å²) in [4.78, 5) is 15.7. The van der Waals surface area contributed by atoms with Gasteiger partial charge in [-0.2, -0.15) is 5.10 Å². The van der Waals surface area contributed by atoms with Crippen molar-refractivity contribution in [1.82, 2.24) is 19.9 Å². The molecule has 0 amide bonds. The first-order chi connectivity index (χ1) is 12.8. The van der Waals surface area contributed by atoms with E-state index < -0.39 is 16.1 Å². The summed E-state index contributed by atoms with van der Waals surface area (Å²) < 4.78 is 27.6. The second-order valence-corrected chi connectivity index (χ2v) is 8.13. The van der Waals surface area contributed by atoms with Gasteiger partial charge >= 0.3 is 0 Å². The van der Waals surface area contributed by atoms with Crippen LogP contribution in [0.15, 0.2) is 53.4 Å². The number of halogens is 1. The maximum atomic E-state index is 12.5. The molecule has 0 saturated carbocycles. The smallest absolute Gasteiger partial charge is 0.241 e. The van der Waals surface area contributed by atoms with Crippen LogP contribution in [0, 0.1) is 0 Å². The van der Waals surface area contributed by atoms with Crippen LogP contribution in [0.4, 0.5) is 0 Å². The van der Waals surface area contributed by atoms with Crippen molar-refractivity contribution in [3.8, 4) is 11.4 Å². The predicted octanol–water partition coefficient (Wildman–Crippen LogP) is 3.37. The number of nitrogens with one attached hydrogen (secondary N) is 2. The monoisotopic (exact) mass is 404 g/mol. The molecule has 2 N–H and O–H groups in total. The zero-order valence-electron chi connectivity index (χ0n) is 14.6. The minimum Gasteiger partial charge on any atom is -0.295 e. The Morgan fingerprint density at radius 3 is 2.33 bits per heavy atom. The number of ketones is 1. The van der Waals surface area contributed by atoms with Crippen LogP contribution in [0.5, 0.6) is 0 Å². The molecule has 1 atom stereocenters. The number of sulfonamides is 1. The van der Waals surface area contributed by atoms with Gasteiger partial charge in [0.1, 0.15) is 5.82 Å². The third kappa shape index (κ3) is 4.41. The summed E-state index contributed by atoms with van der Waals surface area (Å²) >= 11 is 5.87. The lowest BCUT2D eigenvalue weighted by Gasteiger charge is -2.12. The van der Waals surface area contributed by atoms with Gasteiger partial charge in [0.2, 0.25) is 10.0 Å². The fourth-order valence-electron chi connectivity index (χ4n) is 2.42. The molecule has 27 heavy (non-hydrogen) atoms. The number of carbonyl (C=O) groups excluding carboxylic acids is 1. The van der Waals surface area contributed by atoms with Gasteiger partial charge in [0.25, 0.3) is 0 Å². The maximum absolute atomic E-state index is 12.5. The first kappa shape index (κ1) is 19.2. The van der Waals surface area contributed by atoms with Crippen molar-refractivity contribution in [2.24, 2.45) is 0 Å². The number of rotatable bonds is 6. The molecule has 7 nitrogen and oxygen atoms in total. The summed E-state index contributed by atoms with van der Waals surface area (Å²) in [6.07, 6.45) is 0. The van der Waals surface area contributed by atoms with Crippen molar-refractivity contribution in [2.45, 2.75) is 24.8 Å². The molecule has 2 aromatic carbocycles. The Morgan fingerprint density at radius 1 is 1.11 bits per heavy atom. The molecule has 0 bridgehead atoms. The quantitative estimate of drug-likeness (QED) is 0.613. The van der Waals surface area contributed by atoms with Gasteiger partial charge in [-0.25, -0.2) is 18.1 Å². The molecule has 1 heterocycles. The van der Waals surface area contributed by atoms with Gasteiger partial charge in [-0.1, -0.05) is 23.7 Å². The molecule has 3 aromatic rings. The largest absolute Gasteiger partial charge is 0.295 e. The second kappa shape index (κ2) is 7.59. The van der Waals surface area contributed by atoms with Gasteiger partial charge in [0.15, 0.2) is 11.6 Å². The first-order valence-electron chi connectivity index (χ1n) is 8.08. The van der Waals surface area contributed by atoms with Crippen molar-refractivity contribution in [2.75, 3.05) is 0 Å². The Bertz CT molecular complexity index is 1060. The van der Waals surface area contributed by atoms with Gasteiger partial charge < -0.3 is 0 Å². The highest BCUT2D eigenvalue weighted by Gasteiger charge is 2.21. The zero-order valence-corrected chi connectivity index (χ0v) is 16.2. The summed E-state index contributed by atoms with van der Waals surface area (Å²) in [7, 11) is -3.78. The minimum absolute atomic E-state index is 0.0665. The molecule has 0 saturated heterocycles. The fourth-order valence-corrected chi connectivity index (χ4v) is 3.75. The lowest BCUT2D eigenvalue weighted by Crippen LogP contribution is -2.27.